The molecule has 140 valence electrons. The summed E-state index contributed by atoms with van der Waals surface area (Å²) in [6.45, 7) is 0.201. The average Bonchev–Trinajstić information content (AvgIpc) is 3.09. The SMILES string of the molecule is O=C(NCc1ccc(F)cc1)c1ccc(CS(=O)(=O)c2ccc(Br)cc2)o1. The highest BCUT2D eigenvalue weighted by Crippen LogP contribution is 2.20. The first-order valence-electron chi connectivity index (χ1n) is 7.93. The Labute approximate surface area is 164 Å². The topological polar surface area (TPSA) is 76.4 Å². The summed E-state index contributed by atoms with van der Waals surface area (Å²) in [6, 6.07) is 14.9. The molecule has 0 atom stereocenters. The number of amides is 1. The fraction of sp³-hybridized carbons (Fsp3) is 0.105. The molecule has 1 aromatic heterocycles. The van der Waals surface area contributed by atoms with Crippen LogP contribution in [0.1, 0.15) is 21.9 Å². The molecule has 0 saturated heterocycles. The lowest BCUT2D eigenvalue weighted by Gasteiger charge is -2.04. The fourth-order valence-electron chi connectivity index (χ4n) is 2.36. The smallest absolute Gasteiger partial charge is 0.287 e. The maximum atomic E-state index is 12.9. The van der Waals surface area contributed by atoms with E-state index in [2.05, 4.69) is 21.2 Å². The predicted molar refractivity (Wildman–Crippen MR) is 101 cm³/mol. The number of sulfone groups is 1. The number of carbonyl (C=O) groups excluding carboxylic acids is 1. The number of rotatable bonds is 6. The molecule has 0 saturated carbocycles. The lowest BCUT2D eigenvalue weighted by atomic mass is 10.2. The van der Waals surface area contributed by atoms with Gasteiger partial charge in [0.1, 0.15) is 17.3 Å². The van der Waals surface area contributed by atoms with Crippen LogP contribution < -0.4 is 5.32 Å². The van der Waals surface area contributed by atoms with Crippen LogP contribution in [0.25, 0.3) is 0 Å². The number of benzene rings is 2. The number of furan rings is 1. The monoisotopic (exact) mass is 451 g/mol. The second-order valence-electron chi connectivity index (χ2n) is 5.79. The van der Waals surface area contributed by atoms with E-state index < -0.39 is 15.7 Å². The maximum absolute atomic E-state index is 12.9. The maximum Gasteiger partial charge on any atom is 0.287 e. The molecule has 3 aromatic rings. The van der Waals surface area contributed by atoms with Gasteiger partial charge in [0, 0.05) is 11.0 Å². The van der Waals surface area contributed by atoms with Crippen molar-refractivity contribution in [3.05, 3.63) is 88.0 Å². The van der Waals surface area contributed by atoms with Gasteiger partial charge in [0.2, 0.25) is 0 Å². The van der Waals surface area contributed by atoms with Gasteiger partial charge >= 0.3 is 0 Å². The lowest BCUT2D eigenvalue weighted by Crippen LogP contribution is -2.22. The van der Waals surface area contributed by atoms with Crippen LogP contribution in [0.3, 0.4) is 0 Å². The molecule has 0 spiro atoms. The van der Waals surface area contributed by atoms with Crippen molar-refractivity contribution in [1.82, 2.24) is 5.32 Å². The van der Waals surface area contributed by atoms with E-state index in [-0.39, 0.29) is 34.5 Å². The minimum Gasteiger partial charge on any atom is -0.455 e. The first kappa shape index (κ1) is 19.3. The molecular weight excluding hydrogens is 437 g/mol. The molecule has 5 nitrogen and oxygen atoms in total. The van der Waals surface area contributed by atoms with E-state index in [4.69, 9.17) is 4.42 Å². The summed E-state index contributed by atoms with van der Waals surface area (Å²) in [5.41, 5.74) is 0.731. The molecule has 1 N–H and O–H groups in total. The molecule has 0 aliphatic rings. The van der Waals surface area contributed by atoms with Crippen molar-refractivity contribution in [1.29, 1.82) is 0 Å². The molecule has 0 bridgehead atoms. The Morgan fingerprint density at radius 1 is 1.00 bits per heavy atom. The van der Waals surface area contributed by atoms with Crippen LogP contribution in [0.5, 0.6) is 0 Å². The summed E-state index contributed by atoms with van der Waals surface area (Å²) < 4.78 is 43.9. The fourth-order valence-corrected chi connectivity index (χ4v) is 3.87. The molecule has 0 unspecified atom stereocenters. The number of hydrogen-bond donors (Lipinski definition) is 1. The number of hydrogen-bond acceptors (Lipinski definition) is 4. The zero-order valence-electron chi connectivity index (χ0n) is 14.0. The quantitative estimate of drug-likeness (QED) is 0.612. The first-order valence-corrected chi connectivity index (χ1v) is 10.4. The molecule has 0 fully saturated rings. The van der Waals surface area contributed by atoms with E-state index in [1.165, 1.54) is 36.4 Å². The Morgan fingerprint density at radius 2 is 1.67 bits per heavy atom. The first-order chi connectivity index (χ1) is 12.8. The minimum absolute atomic E-state index is 0.0121. The standard InChI is InChI=1S/C19H15BrFNO4S/c20-14-3-8-17(9-4-14)27(24,25)12-16-7-10-18(26-16)19(23)22-11-13-1-5-15(21)6-2-13/h1-10H,11-12H2,(H,22,23). The van der Waals surface area contributed by atoms with Gasteiger partial charge in [-0.2, -0.15) is 0 Å². The Bertz CT molecular complexity index is 1040. The average molecular weight is 452 g/mol. The molecule has 2 aromatic carbocycles. The molecule has 0 aliphatic carbocycles. The van der Waals surface area contributed by atoms with Gasteiger partial charge in [0.25, 0.3) is 5.91 Å². The van der Waals surface area contributed by atoms with Crippen molar-refractivity contribution in [3.8, 4) is 0 Å². The largest absolute Gasteiger partial charge is 0.455 e. The molecule has 27 heavy (non-hydrogen) atoms. The third-order valence-electron chi connectivity index (χ3n) is 3.76. The van der Waals surface area contributed by atoms with Gasteiger partial charge in [-0.25, -0.2) is 12.8 Å². The van der Waals surface area contributed by atoms with Gasteiger partial charge in [-0.05, 0) is 54.1 Å². The van der Waals surface area contributed by atoms with Crippen LogP contribution in [0.4, 0.5) is 4.39 Å². The summed E-state index contributed by atoms with van der Waals surface area (Å²) >= 11 is 3.26. The molecular formula is C19H15BrFNO4S. The number of halogens is 2. The number of carbonyl (C=O) groups is 1. The van der Waals surface area contributed by atoms with Crippen LogP contribution in [0.15, 0.2) is 74.4 Å². The molecule has 1 heterocycles. The Hall–Kier alpha value is -2.45. The molecule has 0 radical (unpaired) electrons. The summed E-state index contributed by atoms with van der Waals surface area (Å²) in [5.74, 6) is -0.998. The van der Waals surface area contributed by atoms with E-state index in [1.807, 2.05) is 0 Å². The van der Waals surface area contributed by atoms with Gasteiger partial charge in [-0.15, -0.1) is 0 Å². The van der Waals surface area contributed by atoms with Crippen molar-refractivity contribution in [2.75, 3.05) is 0 Å². The molecule has 1 amide bonds. The van der Waals surface area contributed by atoms with Crippen LogP contribution in [-0.2, 0) is 22.1 Å². The van der Waals surface area contributed by atoms with E-state index in [1.54, 1.807) is 24.3 Å². The predicted octanol–water partition coefficient (Wildman–Crippen LogP) is 4.09. The summed E-state index contributed by atoms with van der Waals surface area (Å²) in [4.78, 5) is 12.3. The zero-order valence-corrected chi connectivity index (χ0v) is 16.4. The molecule has 3 rings (SSSR count). The van der Waals surface area contributed by atoms with E-state index in [0.29, 0.717) is 0 Å². The van der Waals surface area contributed by atoms with Crippen molar-refractivity contribution in [2.24, 2.45) is 0 Å². The lowest BCUT2D eigenvalue weighted by molar-refractivity contribution is 0.0921. The summed E-state index contributed by atoms with van der Waals surface area (Å²) in [5, 5.41) is 2.64. The Kier molecular flexibility index (Phi) is 5.76. The van der Waals surface area contributed by atoms with Crippen molar-refractivity contribution >= 4 is 31.7 Å². The highest BCUT2D eigenvalue weighted by atomic mass is 79.9. The Morgan fingerprint density at radius 3 is 2.33 bits per heavy atom. The summed E-state index contributed by atoms with van der Waals surface area (Å²) in [6.07, 6.45) is 0. The normalized spacial score (nSPS) is 11.3. The third-order valence-corrected chi connectivity index (χ3v) is 5.94. The second-order valence-corrected chi connectivity index (χ2v) is 8.69. The van der Waals surface area contributed by atoms with Gasteiger partial charge in [-0.3, -0.25) is 4.79 Å². The van der Waals surface area contributed by atoms with Crippen LogP contribution >= 0.6 is 15.9 Å². The van der Waals surface area contributed by atoms with E-state index in [0.717, 1.165) is 10.0 Å². The van der Waals surface area contributed by atoms with Crippen molar-refractivity contribution in [2.45, 2.75) is 17.2 Å². The Balaban J connectivity index is 1.64. The second kappa shape index (κ2) is 8.06. The highest BCUT2D eigenvalue weighted by molar-refractivity contribution is 9.10. The number of nitrogens with one attached hydrogen (secondary N) is 1. The summed E-state index contributed by atoms with van der Waals surface area (Å²) in [7, 11) is -3.58. The zero-order chi connectivity index (χ0) is 19.4. The van der Waals surface area contributed by atoms with Gasteiger partial charge in [0.05, 0.1) is 4.90 Å². The van der Waals surface area contributed by atoms with Crippen LogP contribution in [0.2, 0.25) is 0 Å². The van der Waals surface area contributed by atoms with Crippen molar-refractivity contribution in [3.63, 3.8) is 0 Å². The van der Waals surface area contributed by atoms with E-state index in [9.17, 15) is 17.6 Å². The minimum atomic E-state index is -3.58. The highest BCUT2D eigenvalue weighted by Gasteiger charge is 2.19. The van der Waals surface area contributed by atoms with Gasteiger partial charge in [-0.1, -0.05) is 28.1 Å². The van der Waals surface area contributed by atoms with Gasteiger partial charge < -0.3 is 9.73 Å². The van der Waals surface area contributed by atoms with Crippen molar-refractivity contribution < 1.29 is 22.0 Å². The van der Waals surface area contributed by atoms with Crippen LogP contribution in [0, 0.1) is 5.82 Å². The van der Waals surface area contributed by atoms with Crippen LogP contribution in [-0.4, -0.2) is 14.3 Å². The molecule has 0 aliphatic heterocycles. The van der Waals surface area contributed by atoms with Gasteiger partial charge in [0.15, 0.2) is 15.6 Å². The molecule has 8 heteroatoms. The van der Waals surface area contributed by atoms with E-state index >= 15 is 0 Å². The third kappa shape index (κ3) is 5.05.